The van der Waals surface area contributed by atoms with Gasteiger partial charge >= 0.3 is 0 Å². The van der Waals surface area contributed by atoms with Crippen LogP contribution in [0.2, 0.25) is 5.02 Å². The van der Waals surface area contributed by atoms with Gasteiger partial charge in [0.1, 0.15) is 0 Å². The predicted molar refractivity (Wildman–Crippen MR) is 74.8 cm³/mol. The Morgan fingerprint density at radius 3 is 2.84 bits per heavy atom. The molecule has 2 N–H and O–H groups in total. The first kappa shape index (κ1) is 14.3. The Morgan fingerprint density at radius 2 is 2.26 bits per heavy atom. The van der Waals surface area contributed by atoms with Crippen molar-refractivity contribution in [2.45, 2.75) is 38.8 Å². The van der Waals surface area contributed by atoms with Crippen molar-refractivity contribution in [3.63, 3.8) is 0 Å². The van der Waals surface area contributed by atoms with Gasteiger partial charge in [-0.25, -0.2) is 0 Å². The molecule has 19 heavy (non-hydrogen) atoms. The largest absolute Gasteiger partial charge is 0.341 e. The molecule has 0 aliphatic carbocycles. The second-order valence-electron chi connectivity index (χ2n) is 5.32. The van der Waals surface area contributed by atoms with Gasteiger partial charge in [0.05, 0.1) is 17.3 Å². The van der Waals surface area contributed by atoms with Gasteiger partial charge in [0, 0.05) is 25.8 Å². The van der Waals surface area contributed by atoms with Gasteiger partial charge in [0.15, 0.2) is 0 Å². The van der Waals surface area contributed by atoms with Crippen molar-refractivity contribution in [2.75, 3.05) is 13.1 Å². The van der Waals surface area contributed by atoms with Crippen LogP contribution in [0.3, 0.4) is 0 Å². The number of halogens is 1. The molecule has 1 aliphatic rings. The number of aromatic nitrogens is 2. The maximum Gasteiger partial charge on any atom is 0.239 e. The minimum Gasteiger partial charge on any atom is -0.341 e. The maximum absolute atomic E-state index is 12.2. The summed E-state index contributed by atoms with van der Waals surface area (Å²) < 4.78 is 1.72. The third kappa shape index (κ3) is 3.94. The molecule has 1 fully saturated rings. The molecule has 1 unspecified atom stereocenters. The average molecular weight is 285 g/mol. The molecule has 2 rings (SSSR count). The van der Waals surface area contributed by atoms with Gasteiger partial charge < -0.3 is 10.6 Å². The summed E-state index contributed by atoms with van der Waals surface area (Å²) >= 11 is 5.78. The van der Waals surface area contributed by atoms with Crippen LogP contribution in [0.5, 0.6) is 0 Å². The van der Waals surface area contributed by atoms with E-state index in [1.807, 2.05) is 4.90 Å². The molecule has 106 valence electrons. The van der Waals surface area contributed by atoms with Crippen LogP contribution in [-0.4, -0.2) is 39.7 Å². The lowest BCUT2D eigenvalue weighted by Gasteiger charge is -2.32. The van der Waals surface area contributed by atoms with Crippen LogP contribution in [0.1, 0.15) is 26.2 Å². The van der Waals surface area contributed by atoms with Crippen LogP contribution >= 0.6 is 11.6 Å². The molecule has 0 bridgehead atoms. The van der Waals surface area contributed by atoms with E-state index in [4.69, 9.17) is 17.3 Å². The van der Waals surface area contributed by atoms with Gasteiger partial charge in [0.25, 0.3) is 0 Å². The van der Waals surface area contributed by atoms with Gasteiger partial charge in [-0.05, 0) is 25.2 Å². The van der Waals surface area contributed by atoms with Gasteiger partial charge in [-0.1, -0.05) is 18.5 Å². The van der Waals surface area contributed by atoms with E-state index in [0.717, 1.165) is 25.9 Å². The molecule has 0 spiro atoms. The normalized spacial score (nSPS) is 18.6. The predicted octanol–water partition coefficient (Wildman–Crippen LogP) is 1.51. The lowest BCUT2D eigenvalue weighted by atomic mass is 9.98. The van der Waals surface area contributed by atoms with Gasteiger partial charge in [-0.2, -0.15) is 5.10 Å². The molecule has 1 aromatic heterocycles. The van der Waals surface area contributed by atoms with Gasteiger partial charge in [0.2, 0.25) is 5.91 Å². The van der Waals surface area contributed by atoms with E-state index in [2.05, 4.69) is 12.0 Å². The van der Waals surface area contributed by atoms with Gasteiger partial charge in [-0.15, -0.1) is 0 Å². The SMILES string of the molecule is CC1CCN(C(=O)C(N)CCn2cc(Cl)cn2)CC1. The lowest BCUT2D eigenvalue weighted by molar-refractivity contribution is -0.134. The molecule has 2 heterocycles. The first-order chi connectivity index (χ1) is 9.06. The Labute approximate surface area is 118 Å². The number of aryl methyl sites for hydroxylation is 1. The number of rotatable bonds is 4. The number of carbonyl (C=O) groups is 1. The summed E-state index contributed by atoms with van der Waals surface area (Å²) in [4.78, 5) is 14.1. The van der Waals surface area contributed by atoms with E-state index in [-0.39, 0.29) is 5.91 Å². The Balaban J connectivity index is 1.79. The molecule has 1 amide bonds. The molecule has 6 heteroatoms. The lowest BCUT2D eigenvalue weighted by Crippen LogP contribution is -2.47. The molecule has 1 aromatic rings. The van der Waals surface area contributed by atoms with Gasteiger partial charge in [-0.3, -0.25) is 9.48 Å². The summed E-state index contributed by atoms with van der Waals surface area (Å²) in [6, 6.07) is -0.448. The standard InChI is InChI=1S/C13H21ClN4O/c1-10-2-5-17(6-3-10)13(19)12(15)4-7-18-9-11(14)8-16-18/h8-10,12H,2-7,15H2,1H3. The van der Waals surface area contributed by atoms with Crippen molar-refractivity contribution in [1.29, 1.82) is 0 Å². The number of nitrogens with two attached hydrogens (primary N) is 1. The molecule has 1 atom stereocenters. The van der Waals surface area contributed by atoms with E-state index >= 15 is 0 Å². The summed E-state index contributed by atoms with van der Waals surface area (Å²) in [6.07, 6.45) is 6.06. The Bertz CT molecular complexity index is 426. The summed E-state index contributed by atoms with van der Waals surface area (Å²) in [7, 11) is 0. The maximum atomic E-state index is 12.2. The topological polar surface area (TPSA) is 64.2 Å². The minimum absolute atomic E-state index is 0.0603. The van der Waals surface area contributed by atoms with Crippen molar-refractivity contribution in [3.8, 4) is 0 Å². The fourth-order valence-corrected chi connectivity index (χ4v) is 2.48. The number of carbonyl (C=O) groups excluding carboxylic acids is 1. The average Bonchev–Trinajstić information content (AvgIpc) is 2.82. The first-order valence-electron chi connectivity index (χ1n) is 6.78. The number of piperidine rings is 1. The second kappa shape index (κ2) is 6.39. The highest BCUT2D eigenvalue weighted by atomic mass is 35.5. The molecule has 0 saturated carbocycles. The quantitative estimate of drug-likeness (QED) is 0.911. The van der Waals surface area contributed by atoms with Crippen molar-refractivity contribution in [3.05, 3.63) is 17.4 Å². The molecule has 0 aromatic carbocycles. The molecule has 0 radical (unpaired) electrons. The van der Waals surface area contributed by atoms with Crippen LogP contribution in [0.25, 0.3) is 0 Å². The second-order valence-corrected chi connectivity index (χ2v) is 5.76. The number of nitrogens with zero attached hydrogens (tertiary/aromatic N) is 3. The molecular formula is C13H21ClN4O. The Kier molecular flexibility index (Phi) is 4.82. The van der Waals surface area contributed by atoms with E-state index in [1.165, 1.54) is 0 Å². The van der Waals surface area contributed by atoms with E-state index in [9.17, 15) is 4.79 Å². The van der Waals surface area contributed by atoms with E-state index in [1.54, 1.807) is 17.1 Å². The monoisotopic (exact) mass is 284 g/mol. The van der Waals surface area contributed by atoms with E-state index in [0.29, 0.717) is 23.9 Å². The molecule has 5 nitrogen and oxygen atoms in total. The highest BCUT2D eigenvalue weighted by Crippen LogP contribution is 2.17. The number of amides is 1. The number of hydrogen-bond donors (Lipinski definition) is 1. The highest BCUT2D eigenvalue weighted by molar-refractivity contribution is 6.30. The summed E-state index contributed by atoms with van der Waals surface area (Å²) in [5.74, 6) is 0.775. The van der Waals surface area contributed by atoms with Crippen LogP contribution in [0, 0.1) is 5.92 Å². The molecular weight excluding hydrogens is 264 g/mol. The van der Waals surface area contributed by atoms with Crippen molar-refractivity contribution in [1.82, 2.24) is 14.7 Å². The Hall–Kier alpha value is -1.07. The third-order valence-corrected chi connectivity index (χ3v) is 3.88. The fourth-order valence-electron chi connectivity index (χ4n) is 2.32. The van der Waals surface area contributed by atoms with Crippen molar-refractivity contribution in [2.24, 2.45) is 11.7 Å². The van der Waals surface area contributed by atoms with E-state index < -0.39 is 6.04 Å². The van der Waals surface area contributed by atoms with Crippen molar-refractivity contribution >= 4 is 17.5 Å². The molecule has 1 aliphatic heterocycles. The van der Waals surface area contributed by atoms with Crippen LogP contribution in [0.4, 0.5) is 0 Å². The first-order valence-corrected chi connectivity index (χ1v) is 7.16. The fraction of sp³-hybridized carbons (Fsp3) is 0.692. The minimum atomic E-state index is -0.448. The van der Waals surface area contributed by atoms with Crippen LogP contribution in [0.15, 0.2) is 12.4 Å². The molecule has 1 saturated heterocycles. The summed E-state index contributed by atoms with van der Waals surface area (Å²) in [5, 5.41) is 4.68. The van der Waals surface area contributed by atoms with Crippen LogP contribution < -0.4 is 5.73 Å². The zero-order chi connectivity index (χ0) is 13.8. The number of hydrogen-bond acceptors (Lipinski definition) is 3. The number of likely N-dealkylation sites (tertiary alicyclic amines) is 1. The smallest absolute Gasteiger partial charge is 0.239 e. The zero-order valence-corrected chi connectivity index (χ0v) is 12.0. The van der Waals surface area contributed by atoms with Crippen molar-refractivity contribution < 1.29 is 4.79 Å². The highest BCUT2D eigenvalue weighted by Gasteiger charge is 2.24. The zero-order valence-electron chi connectivity index (χ0n) is 11.3. The summed E-state index contributed by atoms with van der Waals surface area (Å²) in [6.45, 7) is 4.51. The summed E-state index contributed by atoms with van der Waals surface area (Å²) in [5.41, 5.74) is 5.97. The Morgan fingerprint density at radius 1 is 1.58 bits per heavy atom. The third-order valence-electron chi connectivity index (χ3n) is 3.68. The van der Waals surface area contributed by atoms with Crippen LogP contribution in [-0.2, 0) is 11.3 Å².